The van der Waals surface area contributed by atoms with Gasteiger partial charge >= 0.3 is 6.09 Å². The van der Waals surface area contributed by atoms with Crippen LogP contribution in [0.5, 0.6) is 0 Å². The van der Waals surface area contributed by atoms with E-state index in [-0.39, 0.29) is 18.4 Å². The number of hydrogen-bond acceptors (Lipinski definition) is 6. The summed E-state index contributed by atoms with van der Waals surface area (Å²) in [4.78, 5) is 32.1. The Labute approximate surface area is 214 Å². The standard InChI is InChI=1S/C27H29FN6O3/c1-27(2,3)37-26(36)34-20-9-8-18(12-20)24(34)25(35)31-19(14-29)11-16-6-7-17(13-21(16)28)22-15-33-23(32-22)5-4-10-30-33/h4-7,10,13,15,18-20,24H,8-9,11-12H2,1-3H3,(H,31,35)/t18-,19-,20+,24-/m0/s1. The maximum Gasteiger partial charge on any atom is 0.411 e. The number of hydrogen-bond donors (Lipinski definition) is 1. The van der Waals surface area contributed by atoms with E-state index in [1.807, 2.05) is 6.07 Å². The molecule has 1 N–H and O–H groups in total. The Hall–Kier alpha value is -4.00. The lowest BCUT2D eigenvalue weighted by Gasteiger charge is -2.35. The second-order valence-electron chi connectivity index (χ2n) is 10.7. The van der Waals surface area contributed by atoms with Gasteiger partial charge in [-0.2, -0.15) is 10.4 Å². The molecule has 2 fully saturated rings. The third-order valence-corrected chi connectivity index (χ3v) is 6.94. The van der Waals surface area contributed by atoms with E-state index < -0.39 is 35.5 Å². The normalized spacial score (nSPS) is 21.6. The molecule has 2 amide bonds. The zero-order chi connectivity index (χ0) is 26.3. The Morgan fingerprint density at radius 2 is 2.11 bits per heavy atom. The van der Waals surface area contributed by atoms with Gasteiger partial charge in [0, 0.05) is 24.2 Å². The Bertz CT molecular complexity index is 1360. The zero-order valence-corrected chi connectivity index (χ0v) is 21.0. The van der Waals surface area contributed by atoms with Crippen molar-refractivity contribution in [1.29, 1.82) is 5.26 Å². The fourth-order valence-corrected chi connectivity index (χ4v) is 5.35. The summed E-state index contributed by atoms with van der Waals surface area (Å²) in [6, 6.07) is 8.66. The summed E-state index contributed by atoms with van der Waals surface area (Å²) >= 11 is 0. The van der Waals surface area contributed by atoms with Gasteiger partial charge in [-0.1, -0.05) is 12.1 Å². The maximum absolute atomic E-state index is 15.0. The SMILES string of the molecule is CC(C)(C)OC(=O)N1[C@@H]2CC[C@@H](C2)[C@H]1C(=O)N[C@H](C#N)Cc1ccc(-c2cn3ncccc3n2)cc1F. The highest BCUT2D eigenvalue weighted by atomic mass is 19.1. The summed E-state index contributed by atoms with van der Waals surface area (Å²) in [5.74, 6) is -0.876. The zero-order valence-electron chi connectivity index (χ0n) is 21.0. The minimum atomic E-state index is -0.952. The molecular formula is C27H29FN6O3. The molecule has 2 aliphatic rings. The molecule has 1 aliphatic carbocycles. The lowest BCUT2D eigenvalue weighted by Crippen LogP contribution is -2.55. The number of imidazole rings is 1. The summed E-state index contributed by atoms with van der Waals surface area (Å²) in [7, 11) is 0. The number of rotatable bonds is 5. The molecule has 5 rings (SSSR count). The van der Waals surface area contributed by atoms with Crippen molar-refractivity contribution in [2.45, 2.75) is 70.2 Å². The molecule has 1 saturated heterocycles. The number of fused-ring (bicyclic) bond motifs is 3. The fourth-order valence-electron chi connectivity index (χ4n) is 5.35. The Morgan fingerprint density at radius 1 is 1.30 bits per heavy atom. The number of likely N-dealkylation sites (tertiary alicyclic amines) is 1. The van der Waals surface area contributed by atoms with E-state index >= 15 is 4.39 Å². The number of ether oxygens (including phenoxy) is 1. The van der Waals surface area contributed by atoms with E-state index in [1.165, 1.54) is 11.0 Å². The van der Waals surface area contributed by atoms with Crippen LogP contribution in [0, 0.1) is 23.1 Å². The predicted molar refractivity (Wildman–Crippen MR) is 133 cm³/mol. The van der Waals surface area contributed by atoms with Crippen molar-refractivity contribution in [2.24, 2.45) is 5.92 Å². The molecule has 0 spiro atoms. The van der Waals surface area contributed by atoms with E-state index in [1.54, 1.807) is 55.9 Å². The van der Waals surface area contributed by atoms with E-state index in [0.717, 1.165) is 19.3 Å². The number of nitrogens with zero attached hydrogens (tertiary/aromatic N) is 5. The number of piperidine rings is 1. The molecule has 2 aromatic heterocycles. The van der Waals surface area contributed by atoms with Crippen LogP contribution in [0.15, 0.2) is 42.7 Å². The minimum absolute atomic E-state index is 0.00563. The molecule has 9 nitrogen and oxygen atoms in total. The first kappa shape index (κ1) is 24.7. The van der Waals surface area contributed by atoms with Gasteiger partial charge in [0.05, 0.1) is 18.0 Å². The highest BCUT2D eigenvalue weighted by Gasteiger charge is 2.52. The van der Waals surface area contributed by atoms with Gasteiger partial charge in [-0.05, 0) is 69.7 Å². The van der Waals surface area contributed by atoms with Crippen molar-refractivity contribution < 1.29 is 18.7 Å². The first-order chi connectivity index (χ1) is 17.6. The number of benzene rings is 1. The van der Waals surface area contributed by atoms with Crippen LogP contribution >= 0.6 is 0 Å². The third kappa shape index (κ3) is 4.99. The summed E-state index contributed by atoms with van der Waals surface area (Å²) in [6.45, 7) is 5.35. The number of carbonyl (C=O) groups excluding carboxylic acids is 2. The number of nitrogens with one attached hydrogen (secondary N) is 1. The van der Waals surface area contributed by atoms with Gasteiger partial charge in [0.1, 0.15) is 23.5 Å². The van der Waals surface area contributed by atoms with Crippen LogP contribution in [0.4, 0.5) is 9.18 Å². The van der Waals surface area contributed by atoms with Gasteiger partial charge < -0.3 is 10.1 Å². The molecule has 10 heteroatoms. The molecule has 1 saturated carbocycles. The average molecular weight is 505 g/mol. The lowest BCUT2D eigenvalue weighted by atomic mass is 9.97. The van der Waals surface area contributed by atoms with Crippen LogP contribution in [0.2, 0.25) is 0 Å². The highest BCUT2D eigenvalue weighted by molar-refractivity contribution is 5.87. The molecule has 1 aromatic carbocycles. The van der Waals surface area contributed by atoms with Gasteiger partial charge in [-0.3, -0.25) is 9.69 Å². The molecule has 192 valence electrons. The summed E-state index contributed by atoms with van der Waals surface area (Å²) in [6.07, 6.45) is 5.24. The van der Waals surface area contributed by atoms with Crippen LogP contribution in [0.25, 0.3) is 16.9 Å². The molecular weight excluding hydrogens is 475 g/mol. The van der Waals surface area contributed by atoms with Crippen LogP contribution < -0.4 is 5.32 Å². The molecule has 2 bridgehead atoms. The smallest absolute Gasteiger partial charge is 0.411 e. The summed E-state index contributed by atoms with van der Waals surface area (Å²) in [5, 5.41) is 16.6. The largest absolute Gasteiger partial charge is 0.444 e. The van der Waals surface area contributed by atoms with Crippen LogP contribution in [0.3, 0.4) is 0 Å². The van der Waals surface area contributed by atoms with Crippen molar-refractivity contribution in [3.8, 4) is 17.3 Å². The van der Waals surface area contributed by atoms with Crippen molar-refractivity contribution >= 4 is 17.6 Å². The van der Waals surface area contributed by atoms with Crippen molar-refractivity contribution in [3.05, 3.63) is 54.1 Å². The fraction of sp³-hybridized carbons (Fsp3) is 0.444. The first-order valence-corrected chi connectivity index (χ1v) is 12.4. The summed E-state index contributed by atoms with van der Waals surface area (Å²) in [5.41, 5.74) is 1.43. The molecule has 3 heterocycles. The molecule has 1 aliphatic heterocycles. The number of nitriles is 1. The van der Waals surface area contributed by atoms with E-state index in [9.17, 15) is 14.9 Å². The first-order valence-electron chi connectivity index (χ1n) is 12.4. The lowest BCUT2D eigenvalue weighted by molar-refractivity contribution is -0.128. The topological polar surface area (TPSA) is 113 Å². The maximum atomic E-state index is 15.0. The second-order valence-corrected chi connectivity index (χ2v) is 10.7. The number of carbonyl (C=O) groups is 2. The monoisotopic (exact) mass is 504 g/mol. The highest BCUT2D eigenvalue weighted by Crippen LogP contribution is 2.43. The molecule has 37 heavy (non-hydrogen) atoms. The molecule has 0 unspecified atom stereocenters. The van der Waals surface area contributed by atoms with Crippen LogP contribution in [-0.2, 0) is 16.0 Å². The molecule has 0 radical (unpaired) electrons. The van der Waals surface area contributed by atoms with Crippen molar-refractivity contribution in [1.82, 2.24) is 24.8 Å². The summed E-state index contributed by atoms with van der Waals surface area (Å²) < 4.78 is 22.2. The van der Waals surface area contributed by atoms with E-state index in [0.29, 0.717) is 22.5 Å². The quantitative estimate of drug-likeness (QED) is 0.564. The Kier molecular flexibility index (Phi) is 6.31. The number of aromatic nitrogens is 3. The minimum Gasteiger partial charge on any atom is -0.444 e. The Morgan fingerprint density at radius 3 is 2.81 bits per heavy atom. The van der Waals surface area contributed by atoms with E-state index in [4.69, 9.17) is 4.74 Å². The predicted octanol–water partition coefficient (Wildman–Crippen LogP) is 3.87. The molecule has 4 atom stereocenters. The van der Waals surface area contributed by atoms with Crippen LogP contribution in [-0.4, -0.2) is 55.2 Å². The van der Waals surface area contributed by atoms with Crippen LogP contribution in [0.1, 0.15) is 45.6 Å². The van der Waals surface area contributed by atoms with Gasteiger partial charge in [-0.25, -0.2) is 18.7 Å². The average Bonchev–Trinajstić information content (AvgIpc) is 3.57. The van der Waals surface area contributed by atoms with Crippen molar-refractivity contribution in [3.63, 3.8) is 0 Å². The van der Waals surface area contributed by atoms with Gasteiger partial charge in [-0.15, -0.1) is 0 Å². The Balaban J connectivity index is 1.28. The number of amides is 2. The second kappa shape index (κ2) is 9.47. The van der Waals surface area contributed by atoms with Gasteiger partial charge in [0.25, 0.3) is 0 Å². The van der Waals surface area contributed by atoms with Crippen molar-refractivity contribution in [2.75, 3.05) is 0 Å². The van der Waals surface area contributed by atoms with E-state index in [2.05, 4.69) is 21.5 Å². The molecule has 3 aromatic rings. The van der Waals surface area contributed by atoms with Gasteiger partial charge in [0.15, 0.2) is 5.65 Å². The third-order valence-electron chi connectivity index (χ3n) is 6.94. The van der Waals surface area contributed by atoms with Gasteiger partial charge in [0.2, 0.25) is 5.91 Å². The number of halogens is 1.